The van der Waals surface area contributed by atoms with Gasteiger partial charge in [0.15, 0.2) is 0 Å². The fourth-order valence-corrected chi connectivity index (χ4v) is 3.69. The minimum Gasteiger partial charge on any atom is -0.338 e. The molecule has 0 bridgehead atoms. The fraction of sp³-hybridized carbons (Fsp3) is 0.250. The number of amides is 2. The largest absolute Gasteiger partial charge is 0.338 e. The van der Waals surface area contributed by atoms with Crippen LogP contribution in [0.3, 0.4) is 0 Å². The Morgan fingerprint density at radius 1 is 1.16 bits per heavy atom. The summed E-state index contributed by atoms with van der Waals surface area (Å²) in [5.41, 5.74) is 2.71. The van der Waals surface area contributed by atoms with E-state index in [1.54, 1.807) is 15.8 Å². The lowest BCUT2D eigenvalue weighted by Crippen LogP contribution is -2.51. The SMILES string of the molecule is CCC(=O)N1CC(n2ncc(Cl)c2C(=O)Nc2ncc(C#Cc3ccccc3)cc2C)C1. The van der Waals surface area contributed by atoms with E-state index in [-0.39, 0.29) is 22.7 Å². The molecule has 162 valence electrons. The van der Waals surface area contributed by atoms with E-state index in [0.717, 1.165) is 16.7 Å². The first-order valence-corrected chi connectivity index (χ1v) is 10.7. The Balaban J connectivity index is 1.48. The molecule has 0 saturated carbocycles. The molecule has 1 aromatic carbocycles. The van der Waals surface area contributed by atoms with Gasteiger partial charge in [0.1, 0.15) is 11.5 Å². The van der Waals surface area contributed by atoms with Crippen molar-refractivity contribution in [1.82, 2.24) is 19.7 Å². The number of carbonyl (C=O) groups excluding carboxylic acids is 2. The van der Waals surface area contributed by atoms with Crippen molar-refractivity contribution in [3.05, 3.63) is 76.2 Å². The highest BCUT2D eigenvalue weighted by atomic mass is 35.5. The van der Waals surface area contributed by atoms with E-state index in [2.05, 4.69) is 27.2 Å². The predicted molar refractivity (Wildman–Crippen MR) is 122 cm³/mol. The van der Waals surface area contributed by atoms with Gasteiger partial charge in [-0.2, -0.15) is 5.10 Å². The molecule has 2 amide bonds. The van der Waals surface area contributed by atoms with Crippen LogP contribution in [0.1, 0.15) is 46.6 Å². The Labute approximate surface area is 191 Å². The average Bonchev–Trinajstić information content (AvgIpc) is 3.14. The molecule has 1 aliphatic heterocycles. The maximum Gasteiger partial charge on any atom is 0.276 e. The van der Waals surface area contributed by atoms with Crippen LogP contribution in [0.15, 0.2) is 48.8 Å². The van der Waals surface area contributed by atoms with Gasteiger partial charge in [0, 0.05) is 36.8 Å². The lowest BCUT2D eigenvalue weighted by molar-refractivity contribution is -0.136. The number of nitrogens with one attached hydrogen (secondary N) is 1. The number of aryl methyl sites for hydroxylation is 1. The monoisotopic (exact) mass is 447 g/mol. The molecule has 0 aliphatic carbocycles. The second-order valence-electron chi connectivity index (χ2n) is 7.55. The molecule has 1 aliphatic rings. The number of hydrogen-bond acceptors (Lipinski definition) is 4. The van der Waals surface area contributed by atoms with Crippen LogP contribution in [-0.2, 0) is 4.79 Å². The number of anilines is 1. The number of aromatic nitrogens is 3. The molecule has 2 aromatic heterocycles. The van der Waals surface area contributed by atoms with Crippen molar-refractivity contribution in [2.75, 3.05) is 18.4 Å². The summed E-state index contributed by atoms with van der Waals surface area (Å²) in [6.45, 7) is 4.70. The minimum atomic E-state index is -0.397. The van der Waals surface area contributed by atoms with E-state index in [1.165, 1.54) is 6.20 Å². The van der Waals surface area contributed by atoms with Gasteiger partial charge >= 0.3 is 0 Å². The number of hydrogen-bond donors (Lipinski definition) is 1. The van der Waals surface area contributed by atoms with Crippen LogP contribution < -0.4 is 5.32 Å². The summed E-state index contributed by atoms with van der Waals surface area (Å²) < 4.78 is 1.59. The first kappa shape index (κ1) is 21.6. The second kappa shape index (κ2) is 9.25. The first-order valence-electron chi connectivity index (χ1n) is 10.3. The maximum atomic E-state index is 13.0. The fourth-order valence-electron chi connectivity index (χ4n) is 3.47. The van der Waals surface area contributed by atoms with Crippen LogP contribution >= 0.6 is 11.6 Å². The zero-order valence-electron chi connectivity index (χ0n) is 17.8. The molecule has 1 fully saturated rings. The molecule has 0 spiro atoms. The van der Waals surface area contributed by atoms with E-state index >= 15 is 0 Å². The number of nitrogens with zero attached hydrogens (tertiary/aromatic N) is 4. The van der Waals surface area contributed by atoms with E-state index in [0.29, 0.717) is 25.3 Å². The number of likely N-dealkylation sites (tertiary alicyclic amines) is 1. The molecule has 0 radical (unpaired) electrons. The van der Waals surface area contributed by atoms with E-state index in [4.69, 9.17) is 11.6 Å². The third-order valence-electron chi connectivity index (χ3n) is 5.26. The normalized spacial score (nSPS) is 13.2. The van der Waals surface area contributed by atoms with Crippen LogP contribution in [-0.4, -0.2) is 44.6 Å². The lowest BCUT2D eigenvalue weighted by atomic mass is 10.1. The highest BCUT2D eigenvalue weighted by Gasteiger charge is 2.34. The van der Waals surface area contributed by atoms with Crippen LogP contribution in [0.5, 0.6) is 0 Å². The first-order chi connectivity index (χ1) is 15.5. The molecule has 1 saturated heterocycles. The topological polar surface area (TPSA) is 80.1 Å². The van der Waals surface area contributed by atoms with Crippen molar-refractivity contribution < 1.29 is 9.59 Å². The van der Waals surface area contributed by atoms with Gasteiger partial charge in [-0.25, -0.2) is 4.98 Å². The smallest absolute Gasteiger partial charge is 0.276 e. The Morgan fingerprint density at radius 3 is 2.56 bits per heavy atom. The van der Waals surface area contributed by atoms with Crippen molar-refractivity contribution in [2.24, 2.45) is 0 Å². The summed E-state index contributed by atoms with van der Waals surface area (Å²) in [5.74, 6) is 6.29. The zero-order valence-corrected chi connectivity index (χ0v) is 18.6. The molecular weight excluding hydrogens is 426 g/mol. The third kappa shape index (κ3) is 4.51. The molecular formula is C24H22ClN5O2. The van der Waals surface area contributed by atoms with Gasteiger partial charge in [-0.3, -0.25) is 14.3 Å². The molecule has 32 heavy (non-hydrogen) atoms. The summed E-state index contributed by atoms with van der Waals surface area (Å²) in [5, 5.41) is 7.33. The average molecular weight is 448 g/mol. The Morgan fingerprint density at radius 2 is 1.88 bits per heavy atom. The summed E-state index contributed by atoms with van der Waals surface area (Å²) in [4.78, 5) is 30.9. The highest BCUT2D eigenvalue weighted by molar-refractivity contribution is 6.34. The number of rotatable bonds is 4. The number of benzene rings is 1. The van der Waals surface area contributed by atoms with Gasteiger partial charge in [-0.05, 0) is 30.7 Å². The molecule has 4 rings (SSSR count). The van der Waals surface area contributed by atoms with Crippen molar-refractivity contribution in [1.29, 1.82) is 0 Å². The maximum absolute atomic E-state index is 13.0. The number of halogens is 1. The van der Waals surface area contributed by atoms with Gasteiger partial charge in [-0.15, -0.1) is 0 Å². The Kier molecular flexibility index (Phi) is 6.24. The van der Waals surface area contributed by atoms with Crippen molar-refractivity contribution in [3.8, 4) is 11.8 Å². The van der Waals surface area contributed by atoms with E-state index in [9.17, 15) is 9.59 Å². The Hall–Kier alpha value is -3.63. The van der Waals surface area contributed by atoms with Crippen molar-refractivity contribution in [3.63, 3.8) is 0 Å². The van der Waals surface area contributed by atoms with Crippen molar-refractivity contribution in [2.45, 2.75) is 26.3 Å². The van der Waals surface area contributed by atoms with Crippen LogP contribution in [0.4, 0.5) is 5.82 Å². The summed E-state index contributed by atoms with van der Waals surface area (Å²) in [6, 6.07) is 11.5. The lowest BCUT2D eigenvalue weighted by Gasteiger charge is -2.39. The summed E-state index contributed by atoms with van der Waals surface area (Å²) >= 11 is 6.26. The van der Waals surface area contributed by atoms with Crippen LogP contribution in [0.2, 0.25) is 5.02 Å². The molecule has 3 heterocycles. The van der Waals surface area contributed by atoms with E-state index < -0.39 is 5.91 Å². The van der Waals surface area contributed by atoms with Gasteiger partial charge < -0.3 is 10.2 Å². The second-order valence-corrected chi connectivity index (χ2v) is 7.96. The quantitative estimate of drug-likeness (QED) is 0.618. The molecule has 8 heteroatoms. The molecule has 3 aromatic rings. The van der Waals surface area contributed by atoms with Crippen molar-refractivity contribution >= 4 is 29.2 Å². The Bertz CT molecular complexity index is 1220. The third-order valence-corrected chi connectivity index (χ3v) is 5.54. The molecule has 0 atom stereocenters. The standard InChI is InChI=1S/C24H22ClN5O2/c1-3-21(31)29-14-19(15-29)30-22(20(25)13-27-30)24(32)28-23-16(2)11-18(12-26-23)10-9-17-7-5-4-6-8-17/h4-8,11-13,19H,3,14-15H2,1-2H3,(H,26,28,32). The van der Waals surface area contributed by atoms with Gasteiger partial charge in [-0.1, -0.05) is 48.6 Å². The molecule has 0 unspecified atom stereocenters. The number of pyridine rings is 1. The van der Waals surface area contributed by atoms with Crippen LogP contribution in [0, 0.1) is 18.8 Å². The van der Waals surface area contributed by atoms with Gasteiger partial charge in [0.05, 0.1) is 17.3 Å². The summed E-state index contributed by atoms with van der Waals surface area (Å²) in [7, 11) is 0. The van der Waals surface area contributed by atoms with Gasteiger partial charge in [0.25, 0.3) is 5.91 Å². The van der Waals surface area contributed by atoms with Gasteiger partial charge in [0.2, 0.25) is 5.91 Å². The van der Waals surface area contributed by atoms with E-state index in [1.807, 2.05) is 50.2 Å². The summed E-state index contributed by atoms with van der Waals surface area (Å²) in [6.07, 6.45) is 3.53. The minimum absolute atomic E-state index is 0.0801. The number of carbonyl (C=O) groups is 2. The zero-order chi connectivity index (χ0) is 22.7. The highest BCUT2D eigenvalue weighted by Crippen LogP contribution is 2.27. The van der Waals surface area contributed by atoms with Crippen LogP contribution in [0.25, 0.3) is 0 Å². The predicted octanol–water partition coefficient (Wildman–Crippen LogP) is 3.69. The molecule has 7 nitrogen and oxygen atoms in total. The molecule has 1 N–H and O–H groups in total.